The highest BCUT2D eigenvalue weighted by atomic mass is 15.1. The Balaban J connectivity index is 0.885. The molecule has 2 nitrogen and oxygen atoms in total. The molecule has 2 heteroatoms. The predicted octanol–water partition coefficient (Wildman–Crippen LogP) is 18.4. The van der Waals surface area contributed by atoms with Crippen LogP contribution >= 0.6 is 0 Å². The minimum atomic E-state index is -0.125. The third kappa shape index (κ3) is 6.87. The molecule has 1 aliphatic rings. The Morgan fingerprint density at radius 3 is 1.67 bits per heavy atom. The van der Waals surface area contributed by atoms with Crippen molar-refractivity contribution >= 4 is 49.6 Å². The maximum atomic E-state index is 2.43. The van der Waals surface area contributed by atoms with Gasteiger partial charge in [-0.1, -0.05) is 196 Å². The summed E-state index contributed by atoms with van der Waals surface area (Å²) in [6.45, 7) is 4.72. The highest BCUT2D eigenvalue weighted by Crippen LogP contribution is 2.51. The Hall–Kier alpha value is -8.72. The van der Waals surface area contributed by atoms with E-state index in [1.807, 2.05) is 0 Å². The third-order valence-electron chi connectivity index (χ3n) is 14.6. The molecule has 0 atom stereocenters. The van der Waals surface area contributed by atoms with Crippen LogP contribution in [0.1, 0.15) is 25.0 Å². The average Bonchev–Trinajstić information content (AvgIpc) is 3.86. The molecule has 0 saturated carbocycles. The molecule has 11 aromatic carbocycles. The van der Waals surface area contributed by atoms with Crippen LogP contribution in [0.3, 0.4) is 0 Å². The molecule has 1 heterocycles. The first kappa shape index (κ1) is 40.5. The van der Waals surface area contributed by atoms with Crippen molar-refractivity contribution in [3.8, 4) is 61.3 Å². The van der Waals surface area contributed by atoms with E-state index >= 15 is 0 Å². The molecule has 1 aliphatic carbocycles. The second-order valence-electron chi connectivity index (χ2n) is 18.9. The van der Waals surface area contributed by atoms with E-state index in [2.05, 4.69) is 278 Å². The van der Waals surface area contributed by atoms with Crippen molar-refractivity contribution in [1.82, 2.24) is 4.57 Å². The number of anilines is 3. The van der Waals surface area contributed by atoms with Gasteiger partial charge in [0.05, 0.1) is 11.0 Å². The van der Waals surface area contributed by atoms with Crippen LogP contribution in [0.2, 0.25) is 0 Å². The van der Waals surface area contributed by atoms with E-state index in [1.54, 1.807) is 0 Å². The number of hydrogen-bond donors (Lipinski definition) is 0. The molecule has 0 N–H and O–H groups in total. The lowest BCUT2D eigenvalue weighted by molar-refractivity contribution is 0.660. The van der Waals surface area contributed by atoms with E-state index in [1.165, 1.54) is 93.8 Å². The van der Waals surface area contributed by atoms with Crippen molar-refractivity contribution in [3.05, 3.63) is 266 Å². The van der Waals surface area contributed by atoms with E-state index in [9.17, 15) is 0 Å². The summed E-state index contributed by atoms with van der Waals surface area (Å²) in [4.78, 5) is 2.43. The maximum absolute atomic E-state index is 2.43. The number of nitrogens with zero attached hydrogens (tertiary/aromatic N) is 2. The Bertz CT molecular complexity index is 3910. The molecule has 326 valence electrons. The van der Waals surface area contributed by atoms with Gasteiger partial charge in [-0.05, 0) is 150 Å². The number of aromatic nitrogens is 1. The Morgan fingerprint density at radius 1 is 0.304 bits per heavy atom. The molecule has 0 spiro atoms. The smallest absolute Gasteiger partial charge is 0.0541 e. The summed E-state index contributed by atoms with van der Waals surface area (Å²) in [5.74, 6) is 0. The Morgan fingerprint density at radius 2 is 0.841 bits per heavy atom. The molecule has 0 amide bonds. The zero-order valence-corrected chi connectivity index (χ0v) is 38.6. The van der Waals surface area contributed by atoms with Gasteiger partial charge in [0.2, 0.25) is 0 Å². The topological polar surface area (TPSA) is 8.17 Å². The van der Waals surface area contributed by atoms with Crippen molar-refractivity contribution in [3.63, 3.8) is 0 Å². The van der Waals surface area contributed by atoms with Crippen LogP contribution < -0.4 is 4.90 Å². The summed E-state index contributed by atoms with van der Waals surface area (Å²) in [5.41, 5.74) is 21.7. The normalized spacial score (nSPS) is 12.6. The predicted molar refractivity (Wildman–Crippen MR) is 292 cm³/mol. The van der Waals surface area contributed by atoms with Crippen molar-refractivity contribution in [2.24, 2.45) is 0 Å². The quantitative estimate of drug-likeness (QED) is 0.148. The highest BCUT2D eigenvalue weighted by Gasteiger charge is 2.35. The summed E-state index contributed by atoms with van der Waals surface area (Å²) in [6.07, 6.45) is 0. The highest BCUT2D eigenvalue weighted by molar-refractivity contribution is 6.10. The van der Waals surface area contributed by atoms with Gasteiger partial charge in [-0.25, -0.2) is 0 Å². The van der Waals surface area contributed by atoms with Crippen LogP contribution in [0, 0.1) is 0 Å². The molecule has 69 heavy (non-hydrogen) atoms. The average molecular weight is 881 g/mol. The molecule has 0 unspecified atom stereocenters. The molecule has 1 aromatic heterocycles. The van der Waals surface area contributed by atoms with Gasteiger partial charge in [-0.3, -0.25) is 0 Å². The molecular formula is C67H48N2. The van der Waals surface area contributed by atoms with Gasteiger partial charge in [-0.2, -0.15) is 0 Å². The lowest BCUT2D eigenvalue weighted by Gasteiger charge is -2.28. The van der Waals surface area contributed by atoms with E-state index in [4.69, 9.17) is 0 Å². The second kappa shape index (κ2) is 16.3. The first-order chi connectivity index (χ1) is 34.0. The van der Waals surface area contributed by atoms with Gasteiger partial charge < -0.3 is 9.47 Å². The molecule has 13 rings (SSSR count). The fraction of sp³-hybridized carbons (Fsp3) is 0.0448. The van der Waals surface area contributed by atoms with E-state index in [-0.39, 0.29) is 5.41 Å². The Labute approximate surface area is 403 Å². The molecule has 0 fully saturated rings. The van der Waals surface area contributed by atoms with Crippen LogP contribution in [0.15, 0.2) is 255 Å². The van der Waals surface area contributed by atoms with E-state index < -0.39 is 0 Å². The largest absolute Gasteiger partial charge is 0.310 e. The van der Waals surface area contributed by atoms with Crippen LogP contribution in [0.25, 0.3) is 93.9 Å². The van der Waals surface area contributed by atoms with E-state index in [0.29, 0.717) is 0 Å². The van der Waals surface area contributed by atoms with Crippen molar-refractivity contribution in [2.45, 2.75) is 19.3 Å². The van der Waals surface area contributed by atoms with Crippen molar-refractivity contribution in [2.75, 3.05) is 4.90 Å². The summed E-state index contributed by atoms with van der Waals surface area (Å²) in [5, 5.41) is 4.99. The zero-order valence-electron chi connectivity index (χ0n) is 38.6. The summed E-state index contributed by atoms with van der Waals surface area (Å²) >= 11 is 0. The minimum absolute atomic E-state index is 0.125. The second-order valence-corrected chi connectivity index (χ2v) is 18.9. The molecule has 0 saturated heterocycles. The molecule has 12 aromatic rings. The Kier molecular flexibility index (Phi) is 9.55. The van der Waals surface area contributed by atoms with Gasteiger partial charge in [0, 0.05) is 38.9 Å². The van der Waals surface area contributed by atoms with Crippen molar-refractivity contribution < 1.29 is 0 Å². The monoisotopic (exact) mass is 880 g/mol. The summed E-state index contributed by atoms with van der Waals surface area (Å²) < 4.78 is 2.40. The van der Waals surface area contributed by atoms with Gasteiger partial charge in [0.25, 0.3) is 0 Å². The number of fused-ring (bicyclic) bond motifs is 7. The first-order valence-electron chi connectivity index (χ1n) is 24.0. The minimum Gasteiger partial charge on any atom is -0.310 e. The lowest BCUT2D eigenvalue weighted by atomic mass is 9.82. The fourth-order valence-electron chi connectivity index (χ4n) is 11.1. The first-order valence-corrected chi connectivity index (χ1v) is 24.0. The third-order valence-corrected chi connectivity index (χ3v) is 14.6. The number of para-hydroxylation sites is 1. The summed E-state index contributed by atoms with van der Waals surface area (Å²) in [6, 6.07) is 93.6. The van der Waals surface area contributed by atoms with Crippen molar-refractivity contribution in [1.29, 1.82) is 0 Å². The zero-order chi connectivity index (χ0) is 46.1. The SMILES string of the molecule is CC1(C)c2ccccc2-c2ccc(N(c3ccc(-c4cccc5ccccc45)cc3)c3cccc(-c4cccc(-c5ccc6c(c5)c5ccccc5n6-c5ccc(-c6ccccc6)cc5)c4)c3)cc21. The fourth-order valence-corrected chi connectivity index (χ4v) is 11.1. The van der Waals surface area contributed by atoms with Gasteiger partial charge in [0.1, 0.15) is 0 Å². The number of rotatable bonds is 8. The molecule has 0 radical (unpaired) electrons. The van der Waals surface area contributed by atoms with Crippen LogP contribution in [0.5, 0.6) is 0 Å². The lowest BCUT2D eigenvalue weighted by Crippen LogP contribution is -2.16. The van der Waals surface area contributed by atoms with E-state index in [0.717, 1.165) is 28.3 Å². The van der Waals surface area contributed by atoms with Gasteiger partial charge in [0.15, 0.2) is 0 Å². The maximum Gasteiger partial charge on any atom is 0.0541 e. The number of hydrogen-bond acceptors (Lipinski definition) is 1. The standard InChI is InChI=1S/C67H48N2/c1-67(2)63-27-10-8-24-59(63)60-39-38-56(44-64(60)67)68(53-36-31-48(32-37-53)58-26-14-18-47-17-6-7-23-57(47)58)55-22-13-21-51(42-55)49-19-12-20-50(41-49)52-33-40-66-62(43-52)61-25-9-11-28-65(61)69(66)54-34-29-46(30-35-54)45-15-4-3-5-16-45/h3-44H,1-2H3. The molecular weight excluding hydrogens is 833 g/mol. The summed E-state index contributed by atoms with van der Waals surface area (Å²) in [7, 11) is 0. The van der Waals surface area contributed by atoms with Crippen LogP contribution in [0.4, 0.5) is 17.1 Å². The van der Waals surface area contributed by atoms with Crippen LogP contribution in [-0.4, -0.2) is 4.57 Å². The van der Waals surface area contributed by atoms with Gasteiger partial charge in [-0.15, -0.1) is 0 Å². The molecule has 0 bridgehead atoms. The van der Waals surface area contributed by atoms with Crippen LogP contribution in [-0.2, 0) is 5.41 Å². The molecule has 0 aliphatic heterocycles. The number of benzene rings is 11. The van der Waals surface area contributed by atoms with Gasteiger partial charge >= 0.3 is 0 Å².